The summed E-state index contributed by atoms with van der Waals surface area (Å²) in [4.78, 5) is 2.52. The molecule has 0 saturated carbocycles. The number of para-hydroxylation sites is 1. The highest BCUT2D eigenvalue weighted by Gasteiger charge is 2.35. The topological polar surface area (TPSA) is 39.7 Å². The number of thiocarbonyl (C=S) groups is 1. The highest BCUT2D eigenvalue weighted by molar-refractivity contribution is 7.80. The van der Waals surface area contributed by atoms with Crippen LogP contribution in [0.3, 0.4) is 0 Å². The summed E-state index contributed by atoms with van der Waals surface area (Å²) >= 11 is 5.31. The van der Waals surface area contributed by atoms with Crippen molar-refractivity contribution in [1.29, 1.82) is 0 Å². The van der Waals surface area contributed by atoms with Crippen LogP contribution in [0.15, 0.2) is 47.6 Å². The number of benzene rings is 2. The van der Waals surface area contributed by atoms with Gasteiger partial charge in [0, 0.05) is 23.5 Å². The van der Waals surface area contributed by atoms with Gasteiger partial charge in [-0.05, 0) is 93.2 Å². The monoisotopic (exact) mass is 394 g/mol. The molecule has 148 valence electrons. The Bertz CT molecular complexity index is 874. The molecule has 0 aromatic heterocycles. The van der Waals surface area contributed by atoms with E-state index in [-0.39, 0.29) is 5.54 Å². The van der Waals surface area contributed by atoms with E-state index in [1.807, 2.05) is 36.5 Å². The lowest BCUT2D eigenvalue weighted by molar-refractivity contribution is 0.381. The van der Waals surface area contributed by atoms with Crippen molar-refractivity contribution in [2.75, 3.05) is 16.8 Å². The third kappa shape index (κ3) is 4.36. The van der Waals surface area contributed by atoms with E-state index in [0.29, 0.717) is 11.0 Å². The second kappa shape index (κ2) is 8.31. The Hall–Kier alpha value is -2.40. The summed E-state index contributed by atoms with van der Waals surface area (Å²) < 4.78 is 0. The molecule has 0 aliphatic carbocycles. The van der Waals surface area contributed by atoms with E-state index in [1.165, 1.54) is 16.8 Å². The van der Waals surface area contributed by atoms with Crippen molar-refractivity contribution in [2.24, 2.45) is 5.10 Å². The molecule has 0 saturated heterocycles. The predicted molar refractivity (Wildman–Crippen MR) is 125 cm³/mol. The Kier molecular flexibility index (Phi) is 6.04. The summed E-state index contributed by atoms with van der Waals surface area (Å²) in [5.74, 6) is 0.523. The van der Waals surface area contributed by atoms with Gasteiger partial charge in [-0.2, -0.15) is 5.10 Å². The van der Waals surface area contributed by atoms with Crippen LogP contribution in [-0.4, -0.2) is 23.4 Å². The minimum absolute atomic E-state index is 0.181. The average Bonchev–Trinajstić information content (AvgIpc) is 2.63. The summed E-state index contributed by atoms with van der Waals surface area (Å²) in [5.41, 5.74) is 9.13. The molecule has 3 rings (SSSR count). The molecule has 1 aliphatic heterocycles. The first-order chi connectivity index (χ1) is 13.3. The van der Waals surface area contributed by atoms with Crippen LogP contribution >= 0.6 is 12.2 Å². The zero-order valence-electron chi connectivity index (χ0n) is 17.4. The molecular formula is C23H30N4S. The molecule has 0 spiro atoms. The third-order valence-corrected chi connectivity index (χ3v) is 5.68. The Morgan fingerprint density at radius 1 is 1.29 bits per heavy atom. The van der Waals surface area contributed by atoms with E-state index in [2.05, 4.69) is 67.5 Å². The maximum atomic E-state index is 5.31. The molecule has 28 heavy (non-hydrogen) atoms. The van der Waals surface area contributed by atoms with Crippen LogP contribution < -0.4 is 15.6 Å². The average molecular weight is 395 g/mol. The largest absolute Gasteiger partial charge is 0.366 e. The molecule has 0 bridgehead atoms. The highest BCUT2D eigenvalue weighted by Crippen LogP contribution is 2.43. The van der Waals surface area contributed by atoms with Crippen molar-refractivity contribution in [3.8, 4) is 0 Å². The Morgan fingerprint density at radius 2 is 2.00 bits per heavy atom. The number of anilines is 2. The van der Waals surface area contributed by atoms with E-state index in [9.17, 15) is 0 Å². The van der Waals surface area contributed by atoms with Gasteiger partial charge in [0.15, 0.2) is 5.11 Å². The Morgan fingerprint density at radius 3 is 2.68 bits per heavy atom. The lowest BCUT2D eigenvalue weighted by atomic mass is 9.79. The number of hydrazone groups is 1. The Balaban J connectivity index is 1.76. The molecule has 0 fully saturated rings. The van der Waals surface area contributed by atoms with E-state index < -0.39 is 0 Å². The molecule has 2 N–H and O–H groups in total. The van der Waals surface area contributed by atoms with Gasteiger partial charge in [-0.25, -0.2) is 0 Å². The molecule has 4 nitrogen and oxygen atoms in total. The minimum Gasteiger partial charge on any atom is -0.366 e. The molecule has 1 atom stereocenters. The minimum atomic E-state index is 0.181. The quantitative estimate of drug-likeness (QED) is 0.412. The molecular weight excluding hydrogens is 364 g/mol. The normalized spacial score (nSPS) is 18.0. The highest BCUT2D eigenvalue weighted by atomic mass is 32.1. The van der Waals surface area contributed by atoms with Crippen molar-refractivity contribution >= 4 is 34.9 Å². The standard InChI is InChI=1S/C23H30N4S/c1-6-27-21-12-16(2)18(13-20(21)17(3)14-23(27,4)5)15-24-26-22(28)25-19-10-8-7-9-11-19/h7-13,15,17H,6,14H2,1-5H3,(H2,25,26,28)/b24-15+/t17-/m0/s1. The van der Waals surface area contributed by atoms with Crippen LogP contribution in [0.2, 0.25) is 0 Å². The molecule has 2 aromatic rings. The first-order valence-electron chi connectivity index (χ1n) is 9.89. The molecule has 2 aromatic carbocycles. The molecule has 0 amide bonds. The zero-order valence-corrected chi connectivity index (χ0v) is 18.2. The zero-order chi connectivity index (χ0) is 20.3. The smallest absolute Gasteiger partial charge is 0.191 e. The van der Waals surface area contributed by atoms with Gasteiger partial charge in [-0.1, -0.05) is 25.1 Å². The number of nitrogens with one attached hydrogen (secondary N) is 2. The number of rotatable bonds is 4. The second-order valence-corrected chi connectivity index (χ2v) is 8.53. The van der Waals surface area contributed by atoms with E-state index in [0.717, 1.165) is 24.2 Å². The molecule has 0 unspecified atom stereocenters. The Labute approximate surface area is 174 Å². The van der Waals surface area contributed by atoms with E-state index in [1.54, 1.807) is 0 Å². The first kappa shape index (κ1) is 20.3. The summed E-state index contributed by atoms with van der Waals surface area (Å²) in [6.45, 7) is 12.4. The lowest BCUT2D eigenvalue weighted by Gasteiger charge is -2.47. The van der Waals surface area contributed by atoms with Crippen LogP contribution in [0.4, 0.5) is 11.4 Å². The molecule has 0 radical (unpaired) electrons. The number of aryl methyl sites for hydroxylation is 1. The van der Waals surface area contributed by atoms with Gasteiger partial charge in [0.2, 0.25) is 0 Å². The summed E-state index contributed by atoms with van der Waals surface area (Å²) in [5, 5.41) is 7.95. The summed E-state index contributed by atoms with van der Waals surface area (Å²) in [6.07, 6.45) is 3.01. The fraction of sp³-hybridized carbons (Fsp3) is 0.391. The fourth-order valence-corrected chi connectivity index (χ4v) is 4.40. The maximum absolute atomic E-state index is 5.31. The summed E-state index contributed by atoms with van der Waals surface area (Å²) in [6, 6.07) is 14.4. The number of hydrogen-bond donors (Lipinski definition) is 2. The van der Waals surface area contributed by atoms with E-state index in [4.69, 9.17) is 12.2 Å². The van der Waals surface area contributed by atoms with Crippen molar-refractivity contribution < 1.29 is 0 Å². The number of hydrogen-bond acceptors (Lipinski definition) is 3. The van der Waals surface area contributed by atoms with Gasteiger partial charge in [0.25, 0.3) is 0 Å². The van der Waals surface area contributed by atoms with Crippen LogP contribution in [0.5, 0.6) is 0 Å². The van der Waals surface area contributed by atoms with Gasteiger partial charge in [0.05, 0.1) is 6.21 Å². The van der Waals surface area contributed by atoms with Crippen molar-refractivity contribution in [3.63, 3.8) is 0 Å². The van der Waals surface area contributed by atoms with E-state index >= 15 is 0 Å². The maximum Gasteiger partial charge on any atom is 0.191 e. The SMILES string of the molecule is CCN1c2cc(C)c(/C=N/NC(=S)Nc3ccccc3)cc2[C@@H](C)CC1(C)C. The van der Waals surface area contributed by atoms with Crippen LogP contribution in [0.1, 0.15) is 56.7 Å². The van der Waals surface area contributed by atoms with Gasteiger partial charge >= 0.3 is 0 Å². The van der Waals surface area contributed by atoms with Gasteiger partial charge in [-0.3, -0.25) is 5.43 Å². The van der Waals surface area contributed by atoms with Crippen LogP contribution in [0, 0.1) is 6.92 Å². The summed E-state index contributed by atoms with van der Waals surface area (Å²) in [7, 11) is 0. The lowest BCUT2D eigenvalue weighted by Crippen LogP contribution is -2.48. The number of nitrogens with zero attached hydrogens (tertiary/aromatic N) is 2. The first-order valence-corrected chi connectivity index (χ1v) is 10.3. The van der Waals surface area contributed by atoms with Crippen LogP contribution in [0.25, 0.3) is 0 Å². The van der Waals surface area contributed by atoms with Gasteiger partial charge in [-0.15, -0.1) is 0 Å². The second-order valence-electron chi connectivity index (χ2n) is 8.12. The predicted octanol–water partition coefficient (Wildman–Crippen LogP) is 5.43. The third-order valence-electron chi connectivity index (χ3n) is 5.49. The van der Waals surface area contributed by atoms with Crippen molar-refractivity contribution in [3.05, 3.63) is 59.2 Å². The fourth-order valence-electron chi connectivity index (χ4n) is 4.23. The van der Waals surface area contributed by atoms with Crippen molar-refractivity contribution in [2.45, 2.75) is 52.5 Å². The van der Waals surface area contributed by atoms with Crippen LogP contribution in [-0.2, 0) is 0 Å². The van der Waals surface area contributed by atoms with Gasteiger partial charge < -0.3 is 10.2 Å². The molecule has 1 aliphatic rings. The van der Waals surface area contributed by atoms with Gasteiger partial charge in [0.1, 0.15) is 0 Å². The van der Waals surface area contributed by atoms with Crippen molar-refractivity contribution in [1.82, 2.24) is 5.43 Å². The molecule has 1 heterocycles. The number of fused-ring (bicyclic) bond motifs is 1. The molecule has 5 heteroatoms.